The van der Waals surface area contributed by atoms with Crippen molar-refractivity contribution in [3.63, 3.8) is 0 Å². The van der Waals surface area contributed by atoms with Crippen LogP contribution in [0, 0.1) is 0 Å². The summed E-state index contributed by atoms with van der Waals surface area (Å²) in [7, 11) is 0. The van der Waals surface area contributed by atoms with Gasteiger partial charge >= 0.3 is 94.7 Å². The van der Waals surface area contributed by atoms with E-state index in [4.69, 9.17) is 0 Å². The van der Waals surface area contributed by atoms with Crippen LogP contribution in [0.2, 0.25) is 5.32 Å². The van der Waals surface area contributed by atoms with Gasteiger partial charge in [-0.25, -0.2) is 0 Å². The van der Waals surface area contributed by atoms with Crippen molar-refractivity contribution in [2.24, 2.45) is 0 Å². The van der Waals surface area contributed by atoms with Crippen LogP contribution in [0.5, 0.6) is 0 Å². The number of hydrogen-bond donors (Lipinski definition) is 0. The number of ether oxygens (including phenoxy) is 1. The second-order valence-electron chi connectivity index (χ2n) is 2.84. The molecule has 0 fully saturated rings. The first-order valence-corrected chi connectivity index (χ1v) is 6.79. The Labute approximate surface area is 95.0 Å². The third kappa shape index (κ3) is 4.45. The van der Waals surface area contributed by atoms with Gasteiger partial charge in [-0.15, -0.1) is 0 Å². The Morgan fingerprint density at radius 2 is 2.13 bits per heavy atom. The van der Waals surface area contributed by atoms with Crippen LogP contribution in [0.15, 0.2) is 30.3 Å². The minimum absolute atomic E-state index is 0.00651. The van der Waals surface area contributed by atoms with Crippen molar-refractivity contribution >= 4 is 25.4 Å². The third-order valence-corrected chi connectivity index (χ3v) is 3.92. The van der Waals surface area contributed by atoms with Crippen LogP contribution in [0.3, 0.4) is 0 Å². The average molecular weight is 275 g/mol. The van der Waals surface area contributed by atoms with Crippen molar-refractivity contribution in [2.45, 2.75) is 18.4 Å². The molecular weight excluding hydrogens is 262 g/mol. The molecule has 1 aromatic carbocycles. The summed E-state index contributed by atoms with van der Waals surface area (Å²) in [6.07, 6.45) is -1.48. The van der Waals surface area contributed by atoms with E-state index in [-0.39, 0.29) is 26.9 Å². The molecule has 1 atom stereocenters. The van der Waals surface area contributed by atoms with E-state index >= 15 is 0 Å². The number of halogens is 1. The second kappa shape index (κ2) is 6.59. The number of alkyl halides is 1. The molecule has 0 amide bonds. The Kier molecular flexibility index (Phi) is 5.37. The Bertz CT molecular complexity index is 303. The molecule has 0 aliphatic carbocycles. The Hall–Kier alpha value is -0.861. The van der Waals surface area contributed by atoms with Gasteiger partial charge in [0.25, 0.3) is 0 Å². The summed E-state index contributed by atoms with van der Waals surface area (Å²) >= 11 is -0.00651. The molecule has 0 aromatic heterocycles. The fourth-order valence-corrected chi connectivity index (χ4v) is 2.72. The summed E-state index contributed by atoms with van der Waals surface area (Å²) in [6, 6.07) is 9.62. The molecule has 1 unspecified atom stereocenters. The van der Waals surface area contributed by atoms with E-state index in [1.165, 1.54) is 0 Å². The average Bonchev–Trinajstić information content (AvgIpc) is 2.27. The number of carbonyl (C=O) groups excluding carboxylic acids is 1. The van der Waals surface area contributed by atoms with Crippen LogP contribution in [-0.4, -0.2) is 33.7 Å². The van der Waals surface area contributed by atoms with E-state index in [0.29, 0.717) is 0 Å². The van der Waals surface area contributed by atoms with Gasteiger partial charge in [0.2, 0.25) is 0 Å². The first kappa shape index (κ1) is 12.2. The minimum atomic E-state index is -1.48. The van der Waals surface area contributed by atoms with Crippen LogP contribution >= 0.6 is 0 Å². The van der Waals surface area contributed by atoms with E-state index < -0.39 is 12.1 Å². The van der Waals surface area contributed by atoms with E-state index in [1.54, 1.807) is 6.92 Å². The summed E-state index contributed by atoms with van der Waals surface area (Å²) in [6.45, 7) is 1.91. The molecule has 0 aliphatic rings. The first-order valence-electron chi connectivity index (χ1n) is 4.72. The number of esters is 1. The fourth-order valence-electron chi connectivity index (χ4n) is 0.987. The van der Waals surface area contributed by atoms with E-state index in [2.05, 4.69) is 4.74 Å². The first-order chi connectivity index (χ1) is 7.24. The van der Waals surface area contributed by atoms with Crippen molar-refractivity contribution in [3.05, 3.63) is 30.3 Å². The quantitative estimate of drug-likeness (QED) is 0.598. The summed E-state index contributed by atoms with van der Waals surface area (Å²) < 4.78 is 18.9. The Morgan fingerprint density at radius 1 is 1.47 bits per heavy atom. The topological polar surface area (TPSA) is 26.3 Å². The summed E-state index contributed by atoms with van der Waals surface area (Å²) in [5.74, 6) is -0.740. The zero-order valence-electron chi connectivity index (χ0n) is 8.48. The molecule has 0 heterocycles. The van der Waals surface area contributed by atoms with Crippen molar-refractivity contribution in [3.8, 4) is 0 Å². The molecule has 0 spiro atoms. The van der Waals surface area contributed by atoms with Gasteiger partial charge in [-0.1, -0.05) is 0 Å². The Balaban J connectivity index is 2.34. The van der Waals surface area contributed by atoms with E-state index in [1.807, 2.05) is 30.3 Å². The molecule has 0 radical (unpaired) electrons. The molecule has 4 heteroatoms. The van der Waals surface area contributed by atoms with Gasteiger partial charge in [0.15, 0.2) is 0 Å². The molecule has 0 saturated heterocycles. The Morgan fingerprint density at radius 3 is 2.73 bits per heavy atom. The predicted octanol–water partition coefficient (Wildman–Crippen LogP) is 1.34. The van der Waals surface area contributed by atoms with Gasteiger partial charge in [0.05, 0.1) is 0 Å². The maximum absolute atomic E-state index is 13.2. The van der Waals surface area contributed by atoms with Gasteiger partial charge in [-0.2, -0.15) is 0 Å². The number of benzene rings is 1. The normalized spacial score (nSPS) is 12.1. The molecule has 0 bridgehead atoms. The SMILES string of the molecule is CCOC(=O)C(F)C[Se]c1ccccc1. The van der Waals surface area contributed by atoms with Crippen LogP contribution in [-0.2, 0) is 9.53 Å². The van der Waals surface area contributed by atoms with Gasteiger partial charge in [-0.05, 0) is 0 Å². The molecular formula is C11H13FO2Se. The van der Waals surface area contributed by atoms with Gasteiger partial charge in [-0.3, -0.25) is 0 Å². The number of hydrogen-bond acceptors (Lipinski definition) is 2. The fraction of sp³-hybridized carbons (Fsp3) is 0.364. The number of carbonyl (C=O) groups is 1. The van der Waals surface area contributed by atoms with Gasteiger partial charge < -0.3 is 0 Å². The van der Waals surface area contributed by atoms with Gasteiger partial charge in [0.1, 0.15) is 0 Å². The van der Waals surface area contributed by atoms with Crippen molar-refractivity contribution < 1.29 is 13.9 Å². The second-order valence-corrected chi connectivity index (χ2v) is 5.14. The maximum atomic E-state index is 13.2. The molecule has 0 aliphatic heterocycles. The zero-order valence-corrected chi connectivity index (χ0v) is 10.2. The monoisotopic (exact) mass is 276 g/mol. The molecule has 0 saturated carbocycles. The van der Waals surface area contributed by atoms with Gasteiger partial charge in [0, 0.05) is 0 Å². The summed E-state index contributed by atoms with van der Waals surface area (Å²) in [5, 5.41) is 0.246. The molecule has 1 rings (SSSR count). The summed E-state index contributed by atoms with van der Waals surface area (Å²) in [4.78, 5) is 11.0. The predicted molar refractivity (Wildman–Crippen MR) is 58.2 cm³/mol. The van der Waals surface area contributed by atoms with E-state index in [9.17, 15) is 9.18 Å². The molecule has 0 N–H and O–H groups in total. The molecule has 82 valence electrons. The van der Waals surface area contributed by atoms with Crippen molar-refractivity contribution in [1.82, 2.24) is 0 Å². The summed E-state index contributed by atoms with van der Waals surface area (Å²) in [5.41, 5.74) is 0. The zero-order chi connectivity index (χ0) is 11.1. The molecule has 1 aromatic rings. The van der Waals surface area contributed by atoms with Crippen LogP contribution < -0.4 is 4.46 Å². The number of rotatable bonds is 5. The van der Waals surface area contributed by atoms with Crippen LogP contribution in [0.4, 0.5) is 4.39 Å². The standard InChI is InChI=1S/C11H13FO2Se/c1-2-14-11(13)10(12)8-15-9-6-4-3-5-7-9/h3-7,10H,2,8H2,1H3. The van der Waals surface area contributed by atoms with E-state index in [0.717, 1.165) is 4.46 Å². The molecule has 2 nitrogen and oxygen atoms in total. The van der Waals surface area contributed by atoms with Crippen molar-refractivity contribution in [1.29, 1.82) is 0 Å². The molecule has 15 heavy (non-hydrogen) atoms. The van der Waals surface area contributed by atoms with Crippen LogP contribution in [0.1, 0.15) is 6.92 Å². The van der Waals surface area contributed by atoms with Crippen molar-refractivity contribution in [2.75, 3.05) is 6.61 Å². The third-order valence-electron chi connectivity index (χ3n) is 1.68. The van der Waals surface area contributed by atoms with Crippen LogP contribution in [0.25, 0.3) is 0 Å².